The molecule has 0 N–H and O–H groups in total. The van der Waals surface area contributed by atoms with Crippen LogP contribution in [0, 0.1) is 0 Å². The molecule has 0 aromatic rings. The van der Waals surface area contributed by atoms with Gasteiger partial charge in [-0.05, 0) is 18.6 Å². The second kappa shape index (κ2) is 6.12. The lowest BCUT2D eigenvalue weighted by atomic mass is 10.2. The number of halogens is 1. The van der Waals surface area contributed by atoms with Gasteiger partial charge in [-0.2, -0.15) is 0 Å². The van der Waals surface area contributed by atoms with E-state index in [4.69, 9.17) is 11.6 Å². The summed E-state index contributed by atoms with van der Waals surface area (Å²) in [4.78, 5) is 16.5. The highest BCUT2D eigenvalue weighted by Gasteiger charge is 2.29. The maximum Gasteiger partial charge on any atom is 0.235 e. The van der Waals surface area contributed by atoms with Crippen molar-refractivity contribution in [2.24, 2.45) is 0 Å². The normalized spacial score (nSPS) is 27.3. The molecule has 0 bridgehead atoms. The molecular weight excluding hydrogens is 244 g/mol. The molecule has 2 aliphatic rings. The molecule has 5 heteroatoms. The van der Waals surface area contributed by atoms with Crippen molar-refractivity contribution >= 4 is 29.3 Å². The minimum atomic E-state index is 0.250. The Labute approximate surface area is 106 Å². The first-order valence-corrected chi connectivity index (χ1v) is 7.58. The summed E-state index contributed by atoms with van der Waals surface area (Å²) in [6.45, 7) is 4.67. The van der Waals surface area contributed by atoms with Crippen LogP contribution in [0.3, 0.4) is 0 Å². The summed E-state index contributed by atoms with van der Waals surface area (Å²) in [5, 5.41) is 0.250. The molecule has 2 fully saturated rings. The summed E-state index contributed by atoms with van der Waals surface area (Å²) in [7, 11) is 0. The smallest absolute Gasteiger partial charge is 0.235 e. The molecular formula is C11H19ClN2OS. The van der Waals surface area contributed by atoms with Crippen LogP contribution >= 0.6 is 23.4 Å². The lowest BCUT2D eigenvalue weighted by molar-refractivity contribution is -0.132. The Balaban J connectivity index is 1.77. The molecule has 2 heterocycles. The van der Waals surface area contributed by atoms with E-state index in [1.165, 1.54) is 6.42 Å². The molecule has 2 saturated heterocycles. The number of thioether (sulfide) groups is 1. The van der Waals surface area contributed by atoms with Crippen LogP contribution in [0.25, 0.3) is 0 Å². The van der Waals surface area contributed by atoms with Crippen molar-refractivity contribution in [3.8, 4) is 0 Å². The van der Waals surface area contributed by atoms with Crippen LogP contribution in [-0.4, -0.2) is 65.3 Å². The first-order valence-electron chi connectivity index (χ1n) is 6.00. The van der Waals surface area contributed by atoms with Crippen LogP contribution in [0.1, 0.15) is 12.8 Å². The predicted molar refractivity (Wildman–Crippen MR) is 69.2 cm³/mol. The van der Waals surface area contributed by atoms with Gasteiger partial charge in [0, 0.05) is 38.6 Å². The monoisotopic (exact) mass is 262 g/mol. The fourth-order valence-electron chi connectivity index (χ4n) is 2.29. The zero-order valence-corrected chi connectivity index (χ0v) is 11.1. The standard InChI is InChI=1S/C11H19ClN2OS/c12-3-4-13-5-7-14(8-6-13)11(15)10-2-1-9-16-10/h10H,1-9H2. The van der Waals surface area contributed by atoms with Gasteiger partial charge in [-0.3, -0.25) is 9.69 Å². The molecule has 92 valence electrons. The fraction of sp³-hybridized carbons (Fsp3) is 0.909. The zero-order valence-electron chi connectivity index (χ0n) is 9.53. The maximum absolute atomic E-state index is 12.1. The first-order chi connectivity index (χ1) is 7.81. The number of hydrogen-bond acceptors (Lipinski definition) is 3. The van der Waals surface area contributed by atoms with Gasteiger partial charge in [0.15, 0.2) is 0 Å². The summed E-state index contributed by atoms with van der Waals surface area (Å²) < 4.78 is 0. The van der Waals surface area contributed by atoms with Gasteiger partial charge >= 0.3 is 0 Å². The van der Waals surface area contributed by atoms with Crippen molar-refractivity contribution in [3.63, 3.8) is 0 Å². The van der Waals surface area contributed by atoms with Crippen molar-refractivity contribution in [2.45, 2.75) is 18.1 Å². The quantitative estimate of drug-likeness (QED) is 0.716. The topological polar surface area (TPSA) is 23.6 Å². The van der Waals surface area contributed by atoms with Crippen molar-refractivity contribution in [1.82, 2.24) is 9.80 Å². The molecule has 16 heavy (non-hydrogen) atoms. The Morgan fingerprint density at radius 2 is 2.06 bits per heavy atom. The Kier molecular flexibility index (Phi) is 4.79. The molecule has 0 saturated carbocycles. The SMILES string of the molecule is O=C(C1CCCS1)N1CCN(CCCl)CC1. The highest BCUT2D eigenvalue weighted by atomic mass is 35.5. The molecule has 0 aromatic heterocycles. The number of alkyl halides is 1. The van der Waals surface area contributed by atoms with E-state index in [1.807, 2.05) is 16.7 Å². The molecule has 0 spiro atoms. The number of amides is 1. The van der Waals surface area contributed by atoms with Crippen LogP contribution < -0.4 is 0 Å². The van der Waals surface area contributed by atoms with Crippen molar-refractivity contribution in [2.75, 3.05) is 44.4 Å². The van der Waals surface area contributed by atoms with Crippen LogP contribution in [-0.2, 0) is 4.79 Å². The second-order valence-electron chi connectivity index (χ2n) is 4.36. The predicted octanol–water partition coefficient (Wildman–Crippen LogP) is 1.26. The van der Waals surface area contributed by atoms with Gasteiger partial charge in [0.2, 0.25) is 5.91 Å². The average Bonchev–Trinajstić information content (AvgIpc) is 2.83. The number of nitrogens with zero attached hydrogens (tertiary/aromatic N) is 2. The summed E-state index contributed by atoms with van der Waals surface area (Å²) in [5.41, 5.74) is 0. The third kappa shape index (κ3) is 3.05. The van der Waals surface area contributed by atoms with E-state index in [-0.39, 0.29) is 5.25 Å². The van der Waals surface area contributed by atoms with Gasteiger partial charge in [-0.25, -0.2) is 0 Å². The lowest BCUT2D eigenvalue weighted by Gasteiger charge is -2.35. The van der Waals surface area contributed by atoms with Crippen molar-refractivity contribution in [3.05, 3.63) is 0 Å². The van der Waals surface area contributed by atoms with Crippen LogP contribution in [0.5, 0.6) is 0 Å². The van der Waals surface area contributed by atoms with E-state index in [1.54, 1.807) is 0 Å². The number of piperazine rings is 1. The number of hydrogen-bond donors (Lipinski definition) is 0. The van der Waals surface area contributed by atoms with Gasteiger partial charge in [0.1, 0.15) is 0 Å². The highest BCUT2D eigenvalue weighted by Crippen LogP contribution is 2.27. The largest absolute Gasteiger partial charge is 0.339 e. The van der Waals surface area contributed by atoms with E-state index in [2.05, 4.69) is 4.90 Å². The molecule has 2 rings (SSSR count). The Bertz CT molecular complexity index is 238. The molecule has 3 nitrogen and oxygen atoms in total. The van der Waals surface area contributed by atoms with Crippen LogP contribution in [0.2, 0.25) is 0 Å². The Morgan fingerprint density at radius 3 is 2.62 bits per heavy atom. The van der Waals surface area contributed by atoms with Crippen LogP contribution in [0.15, 0.2) is 0 Å². The van der Waals surface area contributed by atoms with E-state index < -0.39 is 0 Å². The van der Waals surface area contributed by atoms with E-state index in [9.17, 15) is 4.79 Å². The number of carbonyl (C=O) groups excluding carboxylic acids is 1. The maximum atomic E-state index is 12.1. The minimum absolute atomic E-state index is 0.250. The number of rotatable bonds is 3. The van der Waals surface area contributed by atoms with Crippen molar-refractivity contribution < 1.29 is 4.79 Å². The first kappa shape index (κ1) is 12.5. The van der Waals surface area contributed by atoms with Gasteiger partial charge < -0.3 is 4.90 Å². The molecule has 0 aromatic carbocycles. The van der Waals surface area contributed by atoms with E-state index in [0.29, 0.717) is 11.8 Å². The summed E-state index contributed by atoms with van der Waals surface area (Å²) >= 11 is 7.54. The molecule has 0 aliphatic carbocycles. The highest BCUT2D eigenvalue weighted by molar-refractivity contribution is 8.00. The number of carbonyl (C=O) groups is 1. The molecule has 1 atom stereocenters. The van der Waals surface area contributed by atoms with E-state index in [0.717, 1.165) is 44.9 Å². The molecule has 2 aliphatic heterocycles. The van der Waals surface area contributed by atoms with Gasteiger partial charge in [-0.15, -0.1) is 23.4 Å². The Morgan fingerprint density at radius 1 is 1.31 bits per heavy atom. The third-order valence-corrected chi connectivity index (χ3v) is 4.82. The fourth-order valence-corrected chi connectivity index (χ4v) is 3.77. The second-order valence-corrected chi connectivity index (χ2v) is 6.05. The molecule has 1 amide bonds. The minimum Gasteiger partial charge on any atom is -0.339 e. The zero-order chi connectivity index (χ0) is 11.4. The van der Waals surface area contributed by atoms with Crippen LogP contribution in [0.4, 0.5) is 0 Å². The van der Waals surface area contributed by atoms with Crippen molar-refractivity contribution in [1.29, 1.82) is 0 Å². The van der Waals surface area contributed by atoms with Gasteiger partial charge in [0.05, 0.1) is 5.25 Å². The average molecular weight is 263 g/mol. The third-order valence-electron chi connectivity index (χ3n) is 3.29. The molecule has 0 radical (unpaired) electrons. The Hall–Kier alpha value is 0.0700. The van der Waals surface area contributed by atoms with Gasteiger partial charge in [-0.1, -0.05) is 0 Å². The lowest BCUT2D eigenvalue weighted by Crippen LogP contribution is -2.51. The summed E-state index contributed by atoms with van der Waals surface area (Å²) in [6, 6.07) is 0. The summed E-state index contributed by atoms with van der Waals surface area (Å²) in [5.74, 6) is 2.21. The van der Waals surface area contributed by atoms with Gasteiger partial charge in [0.25, 0.3) is 0 Å². The van der Waals surface area contributed by atoms with E-state index >= 15 is 0 Å². The summed E-state index contributed by atoms with van der Waals surface area (Å²) in [6.07, 6.45) is 2.28. The molecule has 1 unspecified atom stereocenters.